The van der Waals surface area contributed by atoms with E-state index in [9.17, 15) is 9.59 Å². The second-order valence-corrected chi connectivity index (χ2v) is 3.35. The molecule has 0 fully saturated rings. The molecule has 0 N–H and O–H groups in total. The number of methoxy groups -OCH3 is 2. The number of hydrogen-bond donors (Lipinski definition) is 0. The molecule has 0 saturated heterocycles. The van der Waals surface area contributed by atoms with Gasteiger partial charge < -0.3 is 9.47 Å². The van der Waals surface area contributed by atoms with Gasteiger partial charge in [0.25, 0.3) is 0 Å². The van der Waals surface area contributed by atoms with Crippen LogP contribution in [0.15, 0.2) is 30.3 Å². The lowest BCUT2D eigenvalue weighted by Crippen LogP contribution is -2.04. The number of ether oxygens (including phenoxy) is 2. The maximum absolute atomic E-state index is 11.1. The molecule has 0 radical (unpaired) electrons. The zero-order valence-corrected chi connectivity index (χ0v) is 9.80. The summed E-state index contributed by atoms with van der Waals surface area (Å²) in [6.07, 6.45) is 3.18. The van der Waals surface area contributed by atoms with Gasteiger partial charge in [0.2, 0.25) is 0 Å². The second kappa shape index (κ2) is 6.48. The molecule has 0 aliphatic rings. The smallest absolute Gasteiger partial charge is 0.330 e. The van der Waals surface area contributed by atoms with E-state index in [0.717, 1.165) is 11.1 Å². The number of rotatable bonds is 4. The molecule has 0 aromatic heterocycles. The fourth-order valence-electron chi connectivity index (χ4n) is 1.28. The van der Waals surface area contributed by atoms with Gasteiger partial charge in [-0.05, 0) is 17.2 Å². The average molecular weight is 234 g/mol. The molecule has 1 aromatic carbocycles. The molecule has 0 unspecified atom stereocenters. The fourth-order valence-corrected chi connectivity index (χ4v) is 1.28. The number of carbonyl (C=O) groups is 2. The Morgan fingerprint density at radius 1 is 1.24 bits per heavy atom. The molecule has 0 atom stereocenters. The van der Waals surface area contributed by atoms with E-state index in [-0.39, 0.29) is 12.4 Å². The molecule has 0 aliphatic heterocycles. The van der Waals surface area contributed by atoms with E-state index >= 15 is 0 Å². The molecule has 0 spiro atoms. The van der Waals surface area contributed by atoms with Gasteiger partial charge in [-0.1, -0.05) is 24.3 Å². The molecule has 0 saturated carbocycles. The molecule has 0 heterocycles. The highest BCUT2D eigenvalue weighted by Gasteiger charge is 2.02. The Kier molecular flexibility index (Phi) is 4.94. The highest BCUT2D eigenvalue weighted by atomic mass is 16.5. The summed E-state index contributed by atoms with van der Waals surface area (Å²) in [7, 11) is 2.67. The molecule has 4 nitrogen and oxygen atoms in total. The first-order valence-electron chi connectivity index (χ1n) is 5.07. The summed E-state index contributed by atoms with van der Waals surface area (Å²) in [5.74, 6) is -0.706. The van der Waals surface area contributed by atoms with Crippen LogP contribution in [0.3, 0.4) is 0 Å². The van der Waals surface area contributed by atoms with Crippen LogP contribution in [0.2, 0.25) is 0 Å². The third-order valence-corrected chi connectivity index (χ3v) is 2.14. The summed E-state index contributed by atoms with van der Waals surface area (Å²) in [6.45, 7) is 0. The maximum atomic E-state index is 11.1. The Balaban J connectivity index is 2.75. The topological polar surface area (TPSA) is 52.6 Å². The molecule has 0 amide bonds. The van der Waals surface area contributed by atoms with Crippen LogP contribution in [0.4, 0.5) is 0 Å². The minimum Gasteiger partial charge on any atom is -0.469 e. The Bertz CT molecular complexity index is 435. The van der Waals surface area contributed by atoms with Gasteiger partial charge in [0.15, 0.2) is 0 Å². The molecule has 0 bridgehead atoms. The lowest BCUT2D eigenvalue weighted by Gasteiger charge is -2.01. The zero-order chi connectivity index (χ0) is 12.7. The Labute approximate surface area is 99.8 Å². The Morgan fingerprint density at radius 3 is 2.65 bits per heavy atom. The number of hydrogen-bond acceptors (Lipinski definition) is 4. The first-order chi connectivity index (χ1) is 8.15. The van der Waals surface area contributed by atoms with E-state index in [1.165, 1.54) is 20.3 Å². The SMILES string of the molecule is COC(=O)C=Cc1cccc(CC(=O)OC)c1. The van der Waals surface area contributed by atoms with Crippen LogP contribution in [0, 0.1) is 0 Å². The predicted octanol–water partition coefficient (Wildman–Crippen LogP) is 1.59. The molecular weight excluding hydrogens is 220 g/mol. The van der Waals surface area contributed by atoms with Crippen molar-refractivity contribution in [2.45, 2.75) is 6.42 Å². The first-order valence-corrected chi connectivity index (χ1v) is 5.07. The number of esters is 2. The highest BCUT2D eigenvalue weighted by molar-refractivity contribution is 5.87. The van der Waals surface area contributed by atoms with Crippen molar-refractivity contribution in [1.82, 2.24) is 0 Å². The van der Waals surface area contributed by atoms with E-state index in [4.69, 9.17) is 0 Å². The summed E-state index contributed by atoms with van der Waals surface area (Å²) in [5, 5.41) is 0. The van der Waals surface area contributed by atoms with Crippen molar-refractivity contribution in [3.63, 3.8) is 0 Å². The minimum atomic E-state index is -0.414. The van der Waals surface area contributed by atoms with Crippen molar-refractivity contribution in [3.8, 4) is 0 Å². The van der Waals surface area contributed by atoms with Crippen LogP contribution in [-0.2, 0) is 25.5 Å². The highest BCUT2D eigenvalue weighted by Crippen LogP contribution is 2.08. The van der Waals surface area contributed by atoms with Gasteiger partial charge in [-0.15, -0.1) is 0 Å². The monoisotopic (exact) mass is 234 g/mol. The van der Waals surface area contributed by atoms with Crippen molar-refractivity contribution in [1.29, 1.82) is 0 Å². The van der Waals surface area contributed by atoms with Crippen LogP contribution in [-0.4, -0.2) is 26.2 Å². The van der Waals surface area contributed by atoms with E-state index in [2.05, 4.69) is 9.47 Å². The third-order valence-electron chi connectivity index (χ3n) is 2.14. The first kappa shape index (κ1) is 13.0. The quantitative estimate of drug-likeness (QED) is 0.586. The van der Waals surface area contributed by atoms with Gasteiger partial charge in [-0.25, -0.2) is 4.79 Å². The van der Waals surface area contributed by atoms with Gasteiger partial charge in [-0.2, -0.15) is 0 Å². The second-order valence-electron chi connectivity index (χ2n) is 3.35. The molecule has 1 rings (SSSR count). The summed E-state index contributed by atoms with van der Waals surface area (Å²) in [6, 6.07) is 7.29. The van der Waals surface area contributed by atoms with Crippen molar-refractivity contribution < 1.29 is 19.1 Å². The lowest BCUT2D eigenvalue weighted by molar-refractivity contribution is -0.139. The summed E-state index contributed by atoms with van der Waals surface area (Å²) in [5.41, 5.74) is 1.67. The van der Waals surface area contributed by atoms with Gasteiger partial charge in [0.1, 0.15) is 0 Å². The third kappa shape index (κ3) is 4.51. The Morgan fingerprint density at radius 2 is 2.00 bits per heavy atom. The van der Waals surface area contributed by atoms with E-state index in [1.54, 1.807) is 6.08 Å². The van der Waals surface area contributed by atoms with Crippen molar-refractivity contribution in [2.24, 2.45) is 0 Å². The van der Waals surface area contributed by atoms with Crippen molar-refractivity contribution in [2.75, 3.05) is 14.2 Å². The zero-order valence-electron chi connectivity index (χ0n) is 9.80. The maximum Gasteiger partial charge on any atom is 0.330 e. The predicted molar refractivity (Wildman–Crippen MR) is 63.2 cm³/mol. The molecule has 90 valence electrons. The van der Waals surface area contributed by atoms with Crippen LogP contribution < -0.4 is 0 Å². The largest absolute Gasteiger partial charge is 0.469 e. The van der Waals surface area contributed by atoms with Crippen LogP contribution in [0.25, 0.3) is 6.08 Å². The molecular formula is C13H14O4. The average Bonchev–Trinajstić information content (AvgIpc) is 2.36. The number of benzene rings is 1. The lowest BCUT2D eigenvalue weighted by atomic mass is 10.1. The van der Waals surface area contributed by atoms with Gasteiger partial charge in [0.05, 0.1) is 20.6 Å². The Hall–Kier alpha value is -2.10. The molecule has 0 aliphatic carbocycles. The molecule has 17 heavy (non-hydrogen) atoms. The normalized spacial score (nSPS) is 10.2. The summed E-state index contributed by atoms with van der Waals surface area (Å²) >= 11 is 0. The van der Waals surface area contributed by atoms with Crippen LogP contribution >= 0.6 is 0 Å². The number of carbonyl (C=O) groups excluding carboxylic acids is 2. The van der Waals surface area contributed by atoms with Gasteiger partial charge in [-0.3, -0.25) is 4.79 Å². The minimum absolute atomic E-state index is 0.219. The van der Waals surface area contributed by atoms with E-state index in [0.29, 0.717) is 0 Å². The summed E-state index contributed by atoms with van der Waals surface area (Å²) < 4.78 is 9.06. The van der Waals surface area contributed by atoms with Crippen molar-refractivity contribution in [3.05, 3.63) is 41.5 Å². The van der Waals surface area contributed by atoms with E-state index in [1.807, 2.05) is 24.3 Å². The van der Waals surface area contributed by atoms with Gasteiger partial charge in [0, 0.05) is 6.08 Å². The summed E-state index contributed by atoms with van der Waals surface area (Å²) in [4.78, 5) is 22.0. The molecule has 1 aromatic rings. The van der Waals surface area contributed by atoms with Crippen molar-refractivity contribution >= 4 is 18.0 Å². The van der Waals surface area contributed by atoms with Gasteiger partial charge >= 0.3 is 11.9 Å². The van der Waals surface area contributed by atoms with Crippen LogP contribution in [0.5, 0.6) is 0 Å². The van der Waals surface area contributed by atoms with Crippen LogP contribution in [0.1, 0.15) is 11.1 Å². The molecule has 4 heteroatoms. The standard InChI is InChI=1S/C13H14O4/c1-16-12(14)7-6-10-4-3-5-11(8-10)9-13(15)17-2/h3-8H,9H2,1-2H3. The van der Waals surface area contributed by atoms with E-state index < -0.39 is 5.97 Å². The fraction of sp³-hybridized carbons (Fsp3) is 0.231.